The first-order valence-electron chi connectivity index (χ1n) is 9.68. The number of hydrogen-bond acceptors (Lipinski definition) is 3. The molecule has 1 saturated heterocycles. The molecule has 2 aliphatic rings. The summed E-state index contributed by atoms with van der Waals surface area (Å²) in [6.07, 6.45) is 4.67. The number of hydrogen-bond donors (Lipinski definition) is 2. The zero-order valence-corrected chi connectivity index (χ0v) is 16.0. The van der Waals surface area contributed by atoms with Gasteiger partial charge < -0.3 is 15.5 Å². The number of anilines is 1. The first-order valence-corrected chi connectivity index (χ1v) is 9.68. The summed E-state index contributed by atoms with van der Waals surface area (Å²) >= 11 is 0. The first-order chi connectivity index (χ1) is 13.6. The highest BCUT2D eigenvalue weighted by atomic mass is 19.1. The van der Waals surface area contributed by atoms with Crippen molar-refractivity contribution in [2.45, 2.75) is 30.7 Å². The number of nitrogens with one attached hydrogen (secondary N) is 2. The Morgan fingerprint density at radius 3 is 2.71 bits per heavy atom. The molecule has 2 aromatic rings. The minimum atomic E-state index is -0.291. The molecule has 1 aromatic carbocycles. The van der Waals surface area contributed by atoms with Crippen LogP contribution >= 0.6 is 0 Å². The molecule has 0 radical (unpaired) electrons. The molecule has 1 atom stereocenters. The van der Waals surface area contributed by atoms with Gasteiger partial charge in [-0.2, -0.15) is 0 Å². The fourth-order valence-corrected chi connectivity index (χ4v) is 3.84. The van der Waals surface area contributed by atoms with Crippen molar-refractivity contribution in [3.05, 3.63) is 59.8 Å². The van der Waals surface area contributed by atoms with E-state index in [-0.39, 0.29) is 23.1 Å². The molecule has 7 heteroatoms. The number of nitrogens with zero attached hydrogens (tertiary/aromatic N) is 3. The molecule has 1 unspecified atom stereocenters. The van der Waals surface area contributed by atoms with Crippen molar-refractivity contribution < 1.29 is 8.78 Å². The predicted molar refractivity (Wildman–Crippen MR) is 107 cm³/mol. The van der Waals surface area contributed by atoms with Crippen molar-refractivity contribution >= 4 is 11.8 Å². The van der Waals surface area contributed by atoms with Crippen molar-refractivity contribution in [3.8, 4) is 0 Å². The standard InChI is InChI=1S/C21H25F2N5/c1-24-20(26-14-21(9-10-21)15-4-6-16(22)7-5-15)27-17-8-12-28(13-17)19-18(23)3-2-11-25-19/h2-7,11,17H,8-10,12-14H2,1H3,(H2,24,26,27). The number of aromatic nitrogens is 1. The third-order valence-corrected chi connectivity index (χ3v) is 5.70. The fourth-order valence-electron chi connectivity index (χ4n) is 3.84. The Balaban J connectivity index is 1.32. The lowest BCUT2D eigenvalue weighted by atomic mass is 9.96. The van der Waals surface area contributed by atoms with E-state index < -0.39 is 0 Å². The van der Waals surface area contributed by atoms with E-state index in [1.54, 1.807) is 19.3 Å². The summed E-state index contributed by atoms with van der Waals surface area (Å²) in [4.78, 5) is 10.5. The van der Waals surface area contributed by atoms with Crippen LogP contribution in [0.15, 0.2) is 47.6 Å². The molecule has 4 rings (SSSR count). The minimum Gasteiger partial charge on any atom is -0.356 e. The SMILES string of the molecule is CN=C(NCC1(c2ccc(F)cc2)CC1)NC1CCN(c2ncccc2F)C1. The maximum Gasteiger partial charge on any atom is 0.191 e. The van der Waals surface area contributed by atoms with Crippen molar-refractivity contribution in [3.63, 3.8) is 0 Å². The molecule has 0 bridgehead atoms. The van der Waals surface area contributed by atoms with Crippen molar-refractivity contribution in [1.82, 2.24) is 15.6 Å². The Morgan fingerprint density at radius 1 is 1.25 bits per heavy atom. The zero-order chi connectivity index (χ0) is 19.6. The van der Waals surface area contributed by atoms with E-state index in [1.807, 2.05) is 17.0 Å². The highest BCUT2D eigenvalue weighted by molar-refractivity contribution is 5.80. The van der Waals surface area contributed by atoms with Crippen LogP contribution in [-0.4, -0.2) is 43.7 Å². The van der Waals surface area contributed by atoms with E-state index in [1.165, 1.54) is 18.2 Å². The average Bonchev–Trinajstić information content (AvgIpc) is 3.36. The number of halogens is 2. The van der Waals surface area contributed by atoms with E-state index in [2.05, 4.69) is 20.6 Å². The maximum atomic E-state index is 14.0. The summed E-state index contributed by atoms with van der Waals surface area (Å²) in [5.41, 5.74) is 1.22. The lowest BCUT2D eigenvalue weighted by Gasteiger charge is -2.22. The smallest absolute Gasteiger partial charge is 0.191 e. The lowest BCUT2D eigenvalue weighted by Crippen LogP contribution is -2.46. The third kappa shape index (κ3) is 3.93. The summed E-state index contributed by atoms with van der Waals surface area (Å²) in [7, 11) is 1.75. The van der Waals surface area contributed by atoms with Crippen LogP contribution in [0.2, 0.25) is 0 Å². The van der Waals surface area contributed by atoms with Crippen molar-refractivity contribution in [1.29, 1.82) is 0 Å². The minimum absolute atomic E-state index is 0.0596. The number of pyridine rings is 1. The quantitative estimate of drug-likeness (QED) is 0.614. The molecule has 5 nitrogen and oxygen atoms in total. The Labute approximate surface area is 163 Å². The van der Waals surface area contributed by atoms with Gasteiger partial charge in [0.2, 0.25) is 0 Å². The summed E-state index contributed by atoms with van der Waals surface area (Å²) in [6, 6.07) is 10.00. The molecule has 1 aliphatic carbocycles. The molecule has 2 N–H and O–H groups in total. The summed E-state index contributed by atoms with van der Waals surface area (Å²) < 4.78 is 27.2. The van der Waals surface area contributed by atoms with E-state index in [0.29, 0.717) is 12.4 Å². The van der Waals surface area contributed by atoms with Crippen LogP contribution in [0, 0.1) is 11.6 Å². The van der Waals surface area contributed by atoms with E-state index in [4.69, 9.17) is 0 Å². The normalized spacial score (nSPS) is 20.9. The van der Waals surface area contributed by atoms with Gasteiger partial charge in [-0.15, -0.1) is 0 Å². The number of benzene rings is 1. The molecular formula is C21H25F2N5. The number of guanidine groups is 1. The van der Waals surface area contributed by atoms with Gasteiger partial charge in [0.1, 0.15) is 5.82 Å². The van der Waals surface area contributed by atoms with Gasteiger partial charge in [0.25, 0.3) is 0 Å². The third-order valence-electron chi connectivity index (χ3n) is 5.70. The Hall–Kier alpha value is -2.70. The molecule has 0 spiro atoms. The van der Waals surface area contributed by atoms with Crippen LogP contribution in [0.1, 0.15) is 24.8 Å². The largest absolute Gasteiger partial charge is 0.356 e. The van der Waals surface area contributed by atoms with E-state index >= 15 is 0 Å². The molecule has 1 saturated carbocycles. The average molecular weight is 385 g/mol. The van der Waals surface area contributed by atoms with Crippen LogP contribution in [0.3, 0.4) is 0 Å². The molecule has 2 heterocycles. The van der Waals surface area contributed by atoms with Gasteiger partial charge in [-0.3, -0.25) is 4.99 Å². The Bertz CT molecular complexity index is 848. The van der Waals surface area contributed by atoms with Gasteiger partial charge >= 0.3 is 0 Å². The second-order valence-corrected chi connectivity index (χ2v) is 7.60. The molecular weight excluding hydrogens is 360 g/mol. The molecule has 0 amide bonds. The zero-order valence-electron chi connectivity index (χ0n) is 16.0. The van der Waals surface area contributed by atoms with Crippen LogP contribution in [0.5, 0.6) is 0 Å². The second kappa shape index (κ2) is 7.73. The Morgan fingerprint density at radius 2 is 2.04 bits per heavy atom. The highest BCUT2D eigenvalue weighted by Gasteiger charge is 2.44. The predicted octanol–water partition coefficient (Wildman–Crippen LogP) is 2.84. The van der Waals surface area contributed by atoms with Gasteiger partial charge in [0.05, 0.1) is 0 Å². The molecule has 1 aromatic heterocycles. The van der Waals surface area contributed by atoms with Crippen LogP contribution < -0.4 is 15.5 Å². The number of rotatable bonds is 5. The van der Waals surface area contributed by atoms with Crippen molar-refractivity contribution in [2.75, 3.05) is 31.6 Å². The summed E-state index contributed by atoms with van der Waals surface area (Å²) in [5.74, 6) is 0.644. The fraction of sp³-hybridized carbons (Fsp3) is 0.429. The van der Waals surface area contributed by atoms with Crippen molar-refractivity contribution in [2.24, 2.45) is 4.99 Å². The van der Waals surface area contributed by atoms with Crippen LogP contribution in [0.4, 0.5) is 14.6 Å². The van der Waals surface area contributed by atoms with Gasteiger partial charge in [-0.25, -0.2) is 13.8 Å². The highest BCUT2D eigenvalue weighted by Crippen LogP contribution is 2.47. The number of aliphatic imine (C=N–C) groups is 1. The Kier molecular flexibility index (Phi) is 5.15. The summed E-state index contributed by atoms with van der Waals surface area (Å²) in [6.45, 7) is 2.18. The first kappa shape index (κ1) is 18.7. The topological polar surface area (TPSA) is 52.6 Å². The van der Waals surface area contributed by atoms with E-state index in [9.17, 15) is 8.78 Å². The van der Waals surface area contributed by atoms with Crippen LogP contribution in [-0.2, 0) is 5.41 Å². The monoisotopic (exact) mass is 385 g/mol. The maximum absolute atomic E-state index is 14.0. The molecule has 2 fully saturated rings. The van der Waals surface area contributed by atoms with Gasteiger partial charge in [-0.1, -0.05) is 12.1 Å². The molecule has 148 valence electrons. The molecule has 1 aliphatic heterocycles. The van der Waals surface area contributed by atoms with Gasteiger partial charge in [0.15, 0.2) is 17.6 Å². The van der Waals surface area contributed by atoms with E-state index in [0.717, 1.165) is 43.9 Å². The summed E-state index contributed by atoms with van der Waals surface area (Å²) in [5, 5.41) is 6.85. The van der Waals surface area contributed by atoms with Gasteiger partial charge in [-0.05, 0) is 49.1 Å². The van der Waals surface area contributed by atoms with Crippen LogP contribution in [0.25, 0.3) is 0 Å². The molecule has 28 heavy (non-hydrogen) atoms. The lowest BCUT2D eigenvalue weighted by molar-refractivity contribution is 0.602. The second-order valence-electron chi connectivity index (χ2n) is 7.60. The van der Waals surface area contributed by atoms with Gasteiger partial charge in [0, 0.05) is 44.3 Å².